The van der Waals surface area contributed by atoms with Crippen molar-refractivity contribution in [3.05, 3.63) is 64.7 Å². The molecule has 0 atom stereocenters. The SMILES string of the molecule is COc1ccc2c(c1)C1(CC1)CN(C(=O)NCc1ccc(C(=O)O)cc1)C2. The molecule has 1 aliphatic carbocycles. The van der Waals surface area contributed by atoms with Crippen LogP contribution in [0.1, 0.15) is 39.9 Å². The third-order valence-corrected chi connectivity index (χ3v) is 5.53. The zero-order valence-electron chi connectivity index (χ0n) is 15.2. The number of fused-ring (bicyclic) bond motifs is 2. The molecule has 0 aromatic heterocycles. The maximum Gasteiger partial charge on any atom is 0.335 e. The highest BCUT2D eigenvalue weighted by molar-refractivity contribution is 5.87. The largest absolute Gasteiger partial charge is 0.497 e. The van der Waals surface area contributed by atoms with Crippen molar-refractivity contribution in [3.63, 3.8) is 0 Å². The fourth-order valence-corrected chi connectivity index (χ4v) is 3.80. The molecule has 27 heavy (non-hydrogen) atoms. The van der Waals surface area contributed by atoms with Gasteiger partial charge in [-0.15, -0.1) is 0 Å². The highest BCUT2D eigenvalue weighted by Gasteiger charge is 2.50. The number of aromatic carboxylic acids is 1. The lowest BCUT2D eigenvalue weighted by molar-refractivity contribution is 0.0697. The molecule has 0 saturated heterocycles. The second-order valence-corrected chi connectivity index (χ2v) is 7.32. The number of methoxy groups -OCH3 is 1. The Morgan fingerprint density at radius 1 is 1.19 bits per heavy atom. The number of nitrogens with zero attached hydrogens (tertiary/aromatic N) is 1. The van der Waals surface area contributed by atoms with Crippen LogP contribution in [0, 0.1) is 0 Å². The maximum absolute atomic E-state index is 12.7. The molecule has 2 aromatic carbocycles. The average molecular weight is 366 g/mol. The lowest BCUT2D eigenvalue weighted by Gasteiger charge is -2.35. The minimum atomic E-state index is -0.955. The number of carbonyl (C=O) groups is 2. The number of amides is 2. The molecular weight excluding hydrogens is 344 g/mol. The topological polar surface area (TPSA) is 78.9 Å². The average Bonchev–Trinajstić information content (AvgIpc) is 3.46. The quantitative estimate of drug-likeness (QED) is 0.871. The van der Waals surface area contributed by atoms with E-state index in [0.717, 1.165) is 30.7 Å². The van der Waals surface area contributed by atoms with Crippen molar-refractivity contribution in [1.82, 2.24) is 10.2 Å². The Kier molecular flexibility index (Phi) is 4.26. The van der Waals surface area contributed by atoms with Crippen LogP contribution in [0.5, 0.6) is 5.75 Å². The van der Waals surface area contributed by atoms with Gasteiger partial charge in [0.2, 0.25) is 0 Å². The van der Waals surface area contributed by atoms with Crippen molar-refractivity contribution in [2.45, 2.75) is 31.3 Å². The van der Waals surface area contributed by atoms with Gasteiger partial charge in [-0.05, 0) is 53.8 Å². The second-order valence-electron chi connectivity index (χ2n) is 7.32. The number of rotatable bonds is 4. The number of carboxylic acid groups (broad SMARTS) is 1. The molecule has 6 nitrogen and oxygen atoms in total. The molecule has 2 aliphatic rings. The number of carbonyl (C=O) groups excluding carboxylic acids is 1. The summed E-state index contributed by atoms with van der Waals surface area (Å²) in [5, 5.41) is 11.9. The second kappa shape index (κ2) is 6.61. The van der Waals surface area contributed by atoms with Gasteiger partial charge < -0.3 is 20.1 Å². The van der Waals surface area contributed by atoms with Crippen molar-refractivity contribution in [2.75, 3.05) is 13.7 Å². The van der Waals surface area contributed by atoms with Crippen LogP contribution >= 0.6 is 0 Å². The monoisotopic (exact) mass is 366 g/mol. The first kappa shape index (κ1) is 17.4. The molecule has 1 fully saturated rings. The van der Waals surface area contributed by atoms with Gasteiger partial charge in [0.15, 0.2) is 0 Å². The van der Waals surface area contributed by atoms with Crippen LogP contribution in [0.4, 0.5) is 4.79 Å². The summed E-state index contributed by atoms with van der Waals surface area (Å²) in [5.41, 5.74) is 3.68. The number of benzene rings is 2. The molecule has 4 rings (SSSR count). The van der Waals surface area contributed by atoms with Crippen molar-refractivity contribution in [1.29, 1.82) is 0 Å². The van der Waals surface area contributed by atoms with Crippen LogP contribution in [0.3, 0.4) is 0 Å². The molecule has 1 saturated carbocycles. The van der Waals surface area contributed by atoms with Crippen molar-refractivity contribution < 1.29 is 19.4 Å². The summed E-state index contributed by atoms with van der Waals surface area (Å²) >= 11 is 0. The van der Waals surface area contributed by atoms with Crippen LogP contribution in [-0.2, 0) is 18.5 Å². The first-order valence-electron chi connectivity index (χ1n) is 9.03. The molecule has 1 spiro atoms. The number of carboxylic acids is 1. The summed E-state index contributed by atoms with van der Waals surface area (Å²) in [6, 6.07) is 12.6. The molecule has 1 heterocycles. The number of urea groups is 1. The zero-order chi connectivity index (χ0) is 19.0. The summed E-state index contributed by atoms with van der Waals surface area (Å²) < 4.78 is 5.36. The van der Waals surface area contributed by atoms with E-state index in [1.807, 2.05) is 11.0 Å². The van der Waals surface area contributed by atoms with Gasteiger partial charge in [0.25, 0.3) is 0 Å². The molecule has 6 heteroatoms. The smallest absolute Gasteiger partial charge is 0.335 e. The van der Waals surface area contributed by atoms with Crippen molar-refractivity contribution in [3.8, 4) is 5.75 Å². The van der Waals surface area contributed by atoms with Gasteiger partial charge in [0, 0.05) is 25.0 Å². The molecule has 2 amide bonds. The Morgan fingerprint density at radius 2 is 1.93 bits per heavy atom. The van der Waals surface area contributed by atoms with Crippen LogP contribution in [0.2, 0.25) is 0 Å². The number of nitrogens with one attached hydrogen (secondary N) is 1. The summed E-state index contributed by atoms with van der Waals surface area (Å²) in [4.78, 5) is 25.5. The third-order valence-electron chi connectivity index (χ3n) is 5.53. The molecular formula is C21H22N2O4. The Labute approximate surface area is 157 Å². The predicted molar refractivity (Wildman–Crippen MR) is 100.0 cm³/mol. The summed E-state index contributed by atoms with van der Waals surface area (Å²) in [6.07, 6.45) is 2.18. The highest BCUT2D eigenvalue weighted by Crippen LogP contribution is 2.53. The molecule has 0 bridgehead atoms. The lowest BCUT2D eigenvalue weighted by Crippen LogP contribution is -2.46. The maximum atomic E-state index is 12.7. The third kappa shape index (κ3) is 3.35. The molecule has 2 N–H and O–H groups in total. The Hall–Kier alpha value is -3.02. The van der Waals surface area contributed by atoms with E-state index in [9.17, 15) is 9.59 Å². The van der Waals surface area contributed by atoms with Gasteiger partial charge in [-0.1, -0.05) is 18.2 Å². The van der Waals surface area contributed by atoms with E-state index in [1.54, 1.807) is 31.4 Å². The van der Waals surface area contributed by atoms with E-state index in [-0.39, 0.29) is 17.0 Å². The Bertz CT molecular complexity index is 888. The first-order chi connectivity index (χ1) is 13.0. The van der Waals surface area contributed by atoms with Gasteiger partial charge in [0.05, 0.1) is 12.7 Å². The summed E-state index contributed by atoms with van der Waals surface area (Å²) in [5.74, 6) is -0.0911. The predicted octanol–water partition coefficient (Wildman–Crippen LogP) is 3.15. The van der Waals surface area contributed by atoms with Crippen LogP contribution in [-0.4, -0.2) is 35.7 Å². The first-order valence-corrected chi connectivity index (χ1v) is 9.03. The van der Waals surface area contributed by atoms with Crippen LogP contribution in [0.15, 0.2) is 42.5 Å². The van der Waals surface area contributed by atoms with E-state index in [4.69, 9.17) is 9.84 Å². The van der Waals surface area contributed by atoms with E-state index in [2.05, 4.69) is 17.4 Å². The minimum Gasteiger partial charge on any atom is -0.497 e. The summed E-state index contributed by atoms with van der Waals surface area (Å²) in [6.45, 7) is 1.68. The molecule has 140 valence electrons. The number of hydrogen-bond acceptors (Lipinski definition) is 3. The van der Waals surface area contributed by atoms with Crippen LogP contribution in [0.25, 0.3) is 0 Å². The lowest BCUT2D eigenvalue weighted by atomic mass is 9.87. The van der Waals surface area contributed by atoms with E-state index in [1.165, 1.54) is 11.1 Å². The highest BCUT2D eigenvalue weighted by atomic mass is 16.5. The van der Waals surface area contributed by atoms with Gasteiger partial charge in [-0.2, -0.15) is 0 Å². The fraction of sp³-hybridized carbons (Fsp3) is 0.333. The van der Waals surface area contributed by atoms with Crippen molar-refractivity contribution >= 4 is 12.0 Å². The van der Waals surface area contributed by atoms with Crippen molar-refractivity contribution in [2.24, 2.45) is 0 Å². The molecule has 2 aromatic rings. The Balaban J connectivity index is 1.43. The normalized spacial score (nSPS) is 16.6. The van der Waals surface area contributed by atoms with Gasteiger partial charge in [0.1, 0.15) is 5.75 Å². The van der Waals surface area contributed by atoms with Crippen LogP contribution < -0.4 is 10.1 Å². The van der Waals surface area contributed by atoms with E-state index in [0.29, 0.717) is 13.1 Å². The number of hydrogen-bond donors (Lipinski definition) is 2. The standard InChI is InChI=1S/C21H22N2O4/c1-27-17-7-6-16-12-23(13-21(8-9-21)18(16)10-17)20(26)22-11-14-2-4-15(5-3-14)19(24)25/h2-7,10H,8-9,11-13H2,1H3,(H,22,26)(H,24,25). The fourth-order valence-electron chi connectivity index (χ4n) is 3.80. The molecule has 0 unspecified atom stereocenters. The molecule has 0 radical (unpaired) electrons. The summed E-state index contributed by atoms with van der Waals surface area (Å²) in [7, 11) is 1.67. The van der Waals surface area contributed by atoms with Gasteiger partial charge >= 0.3 is 12.0 Å². The number of ether oxygens (including phenoxy) is 1. The zero-order valence-corrected chi connectivity index (χ0v) is 15.2. The molecule has 1 aliphatic heterocycles. The minimum absolute atomic E-state index is 0.0720. The van der Waals surface area contributed by atoms with Gasteiger partial charge in [-0.25, -0.2) is 9.59 Å². The van der Waals surface area contributed by atoms with E-state index >= 15 is 0 Å². The Morgan fingerprint density at radius 3 is 2.56 bits per heavy atom. The van der Waals surface area contributed by atoms with E-state index < -0.39 is 5.97 Å². The van der Waals surface area contributed by atoms with Gasteiger partial charge in [-0.3, -0.25) is 0 Å².